The molecule has 0 amide bonds. The van der Waals surface area contributed by atoms with Gasteiger partial charge >= 0.3 is 0 Å². The van der Waals surface area contributed by atoms with Crippen molar-refractivity contribution in [3.05, 3.63) is 52.1 Å². The maximum Gasteiger partial charge on any atom is 0.295 e. The zero-order valence-electron chi connectivity index (χ0n) is 16.6. The molecule has 11 heteroatoms. The molecule has 0 spiro atoms. The fourth-order valence-corrected chi connectivity index (χ4v) is 4.63. The molecule has 0 aromatic heterocycles. The Labute approximate surface area is 174 Å². The van der Waals surface area contributed by atoms with Gasteiger partial charge in [-0.2, -0.15) is 9.41 Å². The molecule has 1 N–H and O–H groups in total. The molecule has 0 radical (unpaired) electrons. The van der Waals surface area contributed by atoms with Crippen LogP contribution < -0.4 is 14.9 Å². The van der Waals surface area contributed by atoms with Crippen LogP contribution in [0.1, 0.15) is 18.4 Å². The summed E-state index contributed by atoms with van der Waals surface area (Å²) >= 11 is 0. The Bertz CT molecular complexity index is 1060. The smallest absolute Gasteiger partial charge is 0.295 e. The standard InChI is InChI=1S/C19H22N4O6S/c1-28-15-6-5-14(19(11-15)29-2)13-20-21-17-8-7-16(12-18(17)23(24)25)30(26,27)22-9-3-4-10-22/h5-8,11-13,21H,3-4,9-10H2,1-2H3/b20-13+. The summed E-state index contributed by atoms with van der Waals surface area (Å²) in [4.78, 5) is 10.7. The zero-order chi connectivity index (χ0) is 21.7. The Kier molecular flexibility index (Phi) is 6.53. The predicted molar refractivity (Wildman–Crippen MR) is 112 cm³/mol. The van der Waals surface area contributed by atoms with E-state index in [1.807, 2.05) is 0 Å². The Balaban J connectivity index is 1.84. The highest BCUT2D eigenvalue weighted by molar-refractivity contribution is 7.89. The van der Waals surface area contributed by atoms with Crippen molar-refractivity contribution in [3.8, 4) is 11.5 Å². The molecule has 0 aliphatic carbocycles. The molecule has 0 bridgehead atoms. The number of nitrogens with zero attached hydrogens (tertiary/aromatic N) is 3. The molecular formula is C19H22N4O6S. The van der Waals surface area contributed by atoms with Crippen molar-refractivity contribution in [1.29, 1.82) is 0 Å². The van der Waals surface area contributed by atoms with E-state index < -0.39 is 14.9 Å². The van der Waals surface area contributed by atoms with Gasteiger partial charge in [-0.15, -0.1) is 0 Å². The first-order valence-corrected chi connectivity index (χ1v) is 10.6. The van der Waals surface area contributed by atoms with Gasteiger partial charge in [-0.1, -0.05) is 0 Å². The lowest BCUT2D eigenvalue weighted by Crippen LogP contribution is -2.27. The van der Waals surface area contributed by atoms with Crippen LogP contribution in [0, 0.1) is 10.1 Å². The normalized spacial score (nSPS) is 14.7. The zero-order valence-corrected chi connectivity index (χ0v) is 17.4. The van der Waals surface area contributed by atoms with Crippen molar-refractivity contribution in [2.45, 2.75) is 17.7 Å². The average molecular weight is 434 g/mol. The molecule has 1 saturated heterocycles. The average Bonchev–Trinajstić information content (AvgIpc) is 3.29. The molecule has 0 atom stereocenters. The number of hydrogen-bond acceptors (Lipinski definition) is 8. The van der Waals surface area contributed by atoms with Gasteiger partial charge in [0.15, 0.2) is 0 Å². The highest BCUT2D eigenvalue weighted by Gasteiger charge is 2.29. The van der Waals surface area contributed by atoms with Crippen LogP contribution in [0.5, 0.6) is 11.5 Å². The summed E-state index contributed by atoms with van der Waals surface area (Å²) in [7, 11) is -0.714. The Morgan fingerprint density at radius 2 is 1.87 bits per heavy atom. The Morgan fingerprint density at radius 1 is 1.13 bits per heavy atom. The van der Waals surface area contributed by atoms with Crippen molar-refractivity contribution >= 4 is 27.6 Å². The number of benzene rings is 2. The first-order valence-electron chi connectivity index (χ1n) is 9.16. The van der Waals surface area contributed by atoms with Gasteiger partial charge in [0.2, 0.25) is 10.0 Å². The van der Waals surface area contributed by atoms with Crippen LogP contribution in [0.3, 0.4) is 0 Å². The van der Waals surface area contributed by atoms with Gasteiger partial charge in [0.1, 0.15) is 17.2 Å². The number of nitrogens with one attached hydrogen (secondary N) is 1. The Hall–Kier alpha value is -3.18. The highest BCUT2D eigenvalue weighted by atomic mass is 32.2. The third-order valence-corrected chi connectivity index (χ3v) is 6.59. The lowest BCUT2D eigenvalue weighted by Gasteiger charge is -2.15. The van der Waals surface area contributed by atoms with Crippen LogP contribution in [-0.4, -0.2) is 51.2 Å². The summed E-state index contributed by atoms with van der Waals surface area (Å²) in [5, 5.41) is 15.5. The monoisotopic (exact) mass is 434 g/mol. The highest BCUT2D eigenvalue weighted by Crippen LogP contribution is 2.30. The van der Waals surface area contributed by atoms with Crippen LogP contribution >= 0.6 is 0 Å². The molecular weight excluding hydrogens is 412 g/mol. The van der Waals surface area contributed by atoms with E-state index in [9.17, 15) is 18.5 Å². The second-order valence-electron chi connectivity index (χ2n) is 6.53. The van der Waals surface area contributed by atoms with Gasteiger partial charge in [0, 0.05) is 30.8 Å². The van der Waals surface area contributed by atoms with Crippen molar-refractivity contribution < 1.29 is 22.8 Å². The van der Waals surface area contributed by atoms with E-state index >= 15 is 0 Å². The topological polar surface area (TPSA) is 123 Å². The number of anilines is 1. The number of hydrogen-bond donors (Lipinski definition) is 1. The SMILES string of the molecule is COc1ccc(/C=N/Nc2ccc(S(=O)(=O)N3CCCC3)cc2[N+](=O)[O-])c(OC)c1. The van der Waals surface area contributed by atoms with Gasteiger partial charge in [-0.05, 0) is 37.1 Å². The number of rotatable bonds is 8. The van der Waals surface area contributed by atoms with E-state index in [0.29, 0.717) is 30.2 Å². The van der Waals surface area contributed by atoms with E-state index in [0.717, 1.165) is 18.9 Å². The number of hydrazone groups is 1. The summed E-state index contributed by atoms with van der Waals surface area (Å²) < 4.78 is 37.1. The largest absolute Gasteiger partial charge is 0.497 e. The molecule has 2 aromatic rings. The van der Waals surface area contributed by atoms with Gasteiger partial charge < -0.3 is 9.47 Å². The van der Waals surface area contributed by atoms with Crippen molar-refractivity contribution in [2.24, 2.45) is 5.10 Å². The quantitative estimate of drug-likeness (QED) is 0.385. The summed E-state index contributed by atoms with van der Waals surface area (Å²) in [6.45, 7) is 0.842. The molecule has 1 aliphatic rings. The number of nitro groups is 1. The van der Waals surface area contributed by atoms with Crippen molar-refractivity contribution in [1.82, 2.24) is 4.31 Å². The third-order valence-electron chi connectivity index (χ3n) is 4.70. The minimum atomic E-state index is -3.76. The van der Waals surface area contributed by atoms with Crippen LogP contribution in [-0.2, 0) is 10.0 Å². The minimum absolute atomic E-state index is 0.0732. The van der Waals surface area contributed by atoms with Crippen LogP contribution in [0.4, 0.5) is 11.4 Å². The van der Waals surface area contributed by atoms with Gasteiger partial charge in [0.25, 0.3) is 5.69 Å². The summed E-state index contributed by atoms with van der Waals surface area (Å²) in [5.74, 6) is 1.13. The van der Waals surface area contributed by atoms with Crippen LogP contribution in [0.15, 0.2) is 46.4 Å². The third kappa shape index (κ3) is 4.52. The number of nitro benzene ring substituents is 1. The molecule has 30 heavy (non-hydrogen) atoms. The molecule has 160 valence electrons. The molecule has 0 unspecified atom stereocenters. The van der Waals surface area contributed by atoms with Crippen LogP contribution in [0.25, 0.3) is 0 Å². The molecule has 0 saturated carbocycles. The van der Waals surface area contributed by atoms with Gasteiger partial charge in [-0.3, -0.25) is 15.5 Å². The van der Waals surface area contributed by atoms with E-state index in [1.54, 1.807) is 18.2 Å². The first-order chi connectivity index (χ1) is 14.4. The van der Waals surface area contributed by atoms with Gasteiger partial charge in [0.05, 0.1) is 30.3 Å². The molecule has 2 aromatic carbocycles. The predicted octanol–water partition coefficient (Wildman–Crippen LogP) is 2.84. The summed E-state index contributed by atoms with van der Waals surface area (Å²) in [5.41, 5.74) is 2.92. The molecule has 10 nitrogen and oxygen atoms in total. The first kappa shape index (κ1) is 21.5. The van der Waals surface area contributed by atoms with E-state index in [-0.39, 0.29) is 16.3 Å². The second kappa shape index (κ2) is 9.09. The van der Waals surface area contributed by atoms with Gasteiger partial charge in [-0.25, -0.2) is 8.42 Å². The van der Waals surface area contributed by atoms with E-state index in [2.05, 4.69) is 10.5 Å². The summed E-state index contributed by atoms with van der Waals surface area (Å²) in [6.07, 6.45) is 3.01. The minimum Gasteiger partial charge on any atom is -0.497 e. The molecule has 3 rings (SSSR count). The van der Waals surface area contributed by atoms with Crippen molar-refractivity contribution in [3.63, 3.8) is 0 Å². The molecule has 1 heterocycles. The maximum absolute atomic E-state index is 12.7. The van der Waals surface area contributed by atoms with Crippen LogP contribution in [0.2, 0.25) is 0 Å². The lowest BCUT2D eigenvalue weighted by atomic mass is 10.2. The Morgan fingerprint density at radius 3 is 2.50 bits per heavy atom. The maximum atomic E-state index is 12.7. The fourth-order valence-electron chi connectivity index (χ4n) is 3.09. The number of methoxy groups -OCH3 is 2. The van der Waals surface area contributed by atoms with Crippen molar-refractivity contribution in [2.75, 3.05) is 32.7 Å². The fraction of sp³-hybridized carbons (Fsp3) is 0.316. The number of sulfonamides is 1. The second-order valence-corrected chi connectivity index (χ2v) is 8.46. The lowest BCUT2D eigenvalue weighted by molar-refractivity contribution is -0.384. The summed E-state index contributed by atoms with van der Waals surface area (Å²) in [6, 6.07) is 8.87. The number of ether oxygens (including phenoxy) is 2. The molecule has 1 aliphatic heterocycles. The molecule has 1 fully saturated rings. The van der Waals surface area contributed by atoms with E-state index in [4.69, 9.17) is 9.47 Å². The van der Waals surface area contributed by atoms with E-state index in [1.165, 1.54) is 36.9 Å².